The molecule has 4 heteroatoms. The third-order valence-electron chi connectivity index (χ3n) is 2.36. The molecule has 3 nitrogen and oxygen atoms in total. The first-order valence-corrected chi connectivity index (χ1v) is 5.85. The molecule has 0 aliphatic heterocycles. The number of anilines is 1. The molecule has 0 saturated carbocycles. The van der Waals surface area contributed by atoms with E-state index in [1.807, 2.05) is 14.1 Å². The molecule has 16 heavy (non-hydrogen) atoms. The first-order chi connectivity index (χ1) is 7.70. The highest BCUT2D eigenvalue weighted by Crippen LogP contribution is 2.27. The molecule has 0 aliphatic rings. The number of nitrogens with zero attached hydrogens (tertiary/aromatic N) is 2. The van der Waals surface area contributed by atoms with Crippen LogP contribution in [0.5, 0.6) is 0 Å². The van der Waals surface area contributed by atoms with Crippen molar-refractivity contribution in [2.24, 2.45) is 0 Å². The average molecular weight is 234 g/mol. The Labute approximate surface area is 99.0 Å². The molecule has 1 heterocycles. The average Bonchev–Trinajstić information content (AvgIpc) is 2.77. The normalized spacial score (nSPS) is 10.4. The van der Waals surface area contributed by atoms with Crippen molar-refractivity contribution in [2.45, 2.75) is 6.61 Å². The van der Waals surface area contributed by atoms with Gasteiger partial charge in [0.2, 0.25) is 0 Å². The van der Waals surface area contributed by atoms with Crippen LogP contribution in [0.25, 0.3) is 10.4 Å². The van der Waals surface area contributed by atoms with Crippen molar-refractivity contribution in [1.82, 2.24) is 4.98 Å². The zero-order valence-corrected chi connectivity index (χ0v) is 10.2. The van der Waals surface area contributed by atoms with Crippen LogP contribution in [-0.4, -0.2) is 24.2 Å². The Morgan fingerprint density at radius 2 is 1.94 bits per heavy atom. The summed E-state index contributed by atoms with van der Waals surface area (Å²) in [6, 6.07) is 8.30. The first-order valence-electron chi connectivity index (χ1n) is 5.04. The first kappa shape index (κ1) is 11.1. The van der Waals surface area contributed by atoms with Crippen LogP contribution in [0.4, 0.5) is 5.69 Å². The minimum Gasteiger partial charge on any atom is -0.389 e. The molecule has 0 atom stereocenters. The fourth-order valence-corrected chi connectivity index (χ4v) is 2.22. The number of rotatable bonds is 3. The Morgan fingerprint density at radius 1 is 1.25 bits per heavy atom. The summed E-state index contributed by atoms with van der Waals surface area (Å²) in [4.78, 5) is 7.28. The molecule has 0 radical (unpaired) electrons. The van der Waals surface area contributed by atoms with Gasteiger partial charge in [0.05, 0.1) is 11.5 Å². The maximum absolute atomic E-state index is 8.96. The molecule has 0 fully saturated rings. The SMILES string of the molecule is CN(C)c1ccc(-c2cnc(CO)s2)cc1. The Kier molecular flexibility index (Phi) is 3.22. The fraction of sp³-hybridized carbons (Fsp3) is 0.250. The van der Waals surface area contributed by atoms with E-state index in [4.69, 9.17) is 5.11 Å². The van der Waals surface area contributed by atoms with E-state index in [0.717, 1.165) is 15.4 Å². The second kappa shape index (κ2) is 4.63. The second-order valence-electron chi connectivity index (χ2n) is 3.72. The Morgan fingerprint density at radius 3 is 2.44 bits per heavy atom. The third-order valence-corrected chi connectivity index (χ3v) is 3.39. The number of aromatic nitrogens is 1. The summed E-state index contributed by atoms with van der Waals surface area (Å²) in [5.74, 6) is 0. The summed E-state index contributed by atoms with van der Waals surface area (Å²) in [5.41, 5.74) is 2.32. The molecule has 0 amide bonds. The van der Waals surface area contributed by atoms with Gasteiger partial charge in [-0.15, -0.1) is 11.3 Å². The molecular weight excluding hydrogens is 220 g/mol. The number of hydrogen-bond donors (Lipinski definition) is 1. The molecule has 0 unspecified atom stereocenters. The van der Waals surface area contributed by atoms with Gasteiger partial charge >= 0.3 is 0 Å². The van der Waals surface area contributed by atoms with Crippen LogP contribution in [0.1, 0.15) is 5.01 Å². The molecule has 1 N–H and O–H groups in total. The summed E-state index contributed by atoms with van der Waals surface area (Å²) in [5, 5.41) is 9.71. The smallest absolute Gasteiger partial charge is 0.119 e. The van der Waals surface area contributed by atoms with Crippen molar-refractivity contribution in [1.29, 1.82) is 0 Å². The van der Waals surface area contributed by atoms with Gasteiger partial charge in [0, 0.05) is 26.0 Å². The fourth-order valence-electron chi connectivity index (χ4n) is 1.44. The molecule has 0 saturated heterocycles. The van der Waals surface area contributed by atoms with Gasteiger partial charge in [0.1, 0.15) is 5.01 Å². The Hall–Kier alpha value is -1.39. The largest absolute Gasteiger partial charge is 0.389 e. The molecule has 0 spiro atoms. The van der Waals surface area contributed by atoms with E-state index >= 15 is 0 Å². The predicted molar refractivity (Wildman–Crippen MR) is 67.8 cm³/mol. The van der Waals surface area contributed by atoms with Crippen LogP contribution in [0, 0.1) is 0 Å². The van der Waals surface area contributed by atoms with Crippen molar-refractivity contribution in [3.05, 3.63) is 35.5 Å². The van der Waals surface area contributed by atoms with E-state index < -0.39 is 0 Å². The number of hydrogen-bond acceptors (Lipinski definition) is 4. The van der Waals surface area contributed by atoms with Gasteiger partial charge in [-0.25, -0.2) is 4.98 Å². The van der Waals surface area contributed by atoms with E-state index in [-0.39, 0.29) is 6.61 Å². The third kappa shape index (κ3) is 2.23. The molecule has 84 valence electrons. The van der Waals surface area contributed by atoms with Gasteiger partial charge in [0.25, 0.3) is 0 Å². The monoisotopic (exact) mass is 234 g/mol. The van der Waals surface area contributed by atoms with E-state index in [0.29, 0.717) is 0 Å². The van der Waals surface area contributed by atoms with E-state index in [9.17, 15) is 0 Å². The minimum absolute atomic E-state index is 0.0143. The van der Waals surface area contributed by atoms with Crippen LogP contribution in [0.15, 0.2) is 30.5 Å². The van der Waals surface area contributed by atoms with Crippen molar-refractivity contribution in [2.75, 3.05) is 19.0 Å². The maximum Gasteiger partial charge on any atom is 0.119 e. The number of aliphatic hydroxyl groups is 1. The molecule has 2 rings (SSSR count). The molecule has 0 aliphatic carbocycles. The van der Waals surface area contributed by atoms with Crippen LogP contribution in [0.2, 0.25) is 0 Å². The minimum atomic E-state index is 0.0143. The van der Waals surface area contributed by atoms with E-state index in [1.54, 1.807) is 6.20 Å². The number of thiazole rings is 1. The van der Waals surface area contributed by atoms with Gasteiger partial charge in [-0.2, -0.15) is 0 Å². The standard InChI is InChI=1S/C12H14N2OS/c1-14(2)10-5-3-9(4-6-10)11-7-13-12(8-15)16-11/h3-7,15H,8H2,1-2H3. The topological polar surface area (TPSA) is 36.4 Å². The van der Waals surface area contributed by atoms with Gasteiger partial charge in [0.15, 0.2) is 0 Å². The lowest BCUT2D eigenvalue weighted by atomic mass is 10.2. The summed E-state index contributed by atoms with van der Waals surface area (Å²) in [7, 11) is 4.04. The summed E-state index contributed by atoms with van der Waals surface area (Å²) >= 11 is 1.53. The lowest BCUT2D eigenvalue weighted by molar-refractivity contribution is 0.281. The lowest BCUT2D eigenvalue weighted by Gasteiger charge is -2.12. The Bertz CT molecular complexity index is 462. The van der Waals surface area contributed by atoms with E-state index in [1.165, 1.54) is 17.0 Å². The summed E-state index contributed by atoms with van der Waals surface area (Å²) in [6.45, 7) is 0.0143. The van der Waals surface area contributed by atoms with Crippen molar-refractivity contribution in [3.8, 4) is 10.4 Å². The second-order valence-corrected chi connectivity index (χ2v) is 4.83. The van der Waals surface area contributed by atoms with Crippen molar-refractivity contribution >= 4 is 17.0 Å². The number of aliphatic hydroxyl groups excluding tert-OH is 1. The van der Waals surface area contributed by atoms with Gasteiger partial charge in [-0.3, -0.25) is 0 Å². The molecule has 0 bridgehead atoms. The zero-order valence-electron chi connectivity index (χ0n) is 9.34. The van der Waals surface area contributed by atoms with Crippen LogP contribution < -0.4 is 4.90 Å². The van der Waals surface area contributed by atoms with Gasteiger partial charge < -0.3 is 10.0 Å². The summed E-state index contributed by atoms with van der Waals surface area (Å²) in [6.07, 6.45) is 1.81. The Balaban J connectivity index is 2.27. The predicted octanol–water partition coefficient (Wildman–Crippen LogP) is 2.37. The summed E-state index contributed by atoms with van der Waals surface area (Å²) < 4.78 is 0. The molecule has 1 aromatic heterocycles. The zero-order chi connectivity index (χ0) is 11.5. The van der Waals surface area contributed by atoms with Crippen molar-refractivity contribution in [3.63, 3.8) is 0 Å². The highest BCUT2D eigenvalue weighted by atomic mass is 32.1. The van der Waals surface area contributed by atoms with Crippen molar-refractivity contribution < 1.29 is 5.11 Å². The maximum atomic E-state index is 8.96. The number of benzene rings is 1. The lowest BCUT2D eigenvalue weighted by Crippen LogP contribution is -2.07. The van der Waals surface area contributed by atoms with Gasteiger partial charge in [-0.1, -0.05) is 12.1 Å². The van der Waals surface area contributed by atoms with Crippen LogP contribution in [-0.2, 0) is 6.61 Å². The quantitative estimate of drug-likeness (QED) is 0.885. The van der Waals surface area contributed by atoms with Crippen LogP contribution in [0.3, 0.4) is 0 Å². The molecule has 1 aromatic carbocycles. The molecule has 2 aromatic rings. The van der Waals surface area contributed by atoms with E-state index in [2.05, 4.69) is 34.1 Å². The highest BCUT2D eigenvalue weighted by Gasteiger charge is 2.03. The van der Waals surface area contributed by atoms with Crippen LogP contribution >= 0.6 is 11.3 Å². The molecular formula is C12H14N2OS. The van der Waals surface area contributed by atoms with Gasteiger partial charge in [-0.05, 0) is 17.7 Å². The highest BCUT2D eigenvalue weighted by molar-refractivity contribution is 7.15.